The summed E-state index contributed by atoms with van der Waals surface area (Å²) in [6.45, 7) is 7.24. The van der Waals surface area contributed by atoms with Crippen molar-refractivity contribution in [1.82, 2.24) is 0 Å². The summed E-state index contributed by atoms with van der Waals surface area (Å²) in [4.78, 5) is 0. The summed E-state index contributed by atoms with van der Waals surface area (Å²) in [6.07, 6.45) is 2.28. The number of nitrogens with two attached hydrogens (primary N) is 1. The third kappa shape index (κ3) is 3.51. The lowest BCUT2D eigenvalue weighted by Crippen LogP contribution is -2.09. The van der Waals surface area contributed by atoms with E-state index in [4.69, 9.17) is 10.5 Å². The maximum Gasteiger partial charge on any atom is 0.131 e. The van der Waals surface area contributed by atoms with Crippen molar-refractivity contribution >= 4 is 10.8 Å². The van der Waals surface area contributed by atoms with Crippen LogP contribution in [0.1, 0.15) is 45.2 Å². The van der Waals surface area contributed by atoms with Crippen LogP contribution in [0.15, 0.2) is 36.4 Å². The highest BCUT2D eigenvalue weighted by atomic mass is 16.5. The Labute approximate surface area is 121 Å². The second kappa shape index (κ2) is 6.76. The average Bonchev–Trinajstić information content (AvgIpc) is 2.42. The zero-order valence-corrected chi connectivity index (χ0v) is 12.7. The number of hydrogen-bond donors (Lipinski definition) is 1. The van der Waals surface area contributed by atoms with Crippen molar-refractivity contribution in [1.29, 1.82) is 0 Å². The van der Waals surface area contributed by atoms with Crippen molar-refractivity contribution in [2.45, 2.75) is 39.7 Å². The van der Waals surface area contributed by atoms with Gasteiger partial charge in [0, 0.05) is 17.0 Å². The predicted molar refractivity (Wildman–Crippen MR) is 86.1 cm³/mol. The highest BCUT2D eigenvalue weighted by molar-refractivity contribution is 5.89. The molecule has 0 saturated heterocycles. The van der Waals surface area contributed by atoms with Crippen molar-refractivity contribution in [2.75, 3.05) is 6.61 Å². The maximum absolute atomic E-state index is 6.08. The van der Waals surface area contributed by atoms with Crippen LogP contribution in [0.4, 0.5) is 0 Å². The van der Waals surface area contributed by atoms with Gasteiger partial charge in [-0.05, 0) is 31.1 Å². The van der Waals surface area contributed by atoms with E-state index in [9.17, 15) is 0 Å². The van der Waals surface area contributed by atoms with E-state index in [0.717, 1.165) is 35.6 Å². The van der Waals surface area contributed by atoms with Crippen molar-refractivity contribution < 1.29 is 4.74 Å². The minimum atomic E-state index is -0.0142. The van der Waals surface area contributed by atoms with E-state index in [1.165, 1.54) is 11.8 Å². The van der Waals surface area contributed by atoms with E-state index >= 15 is 0 Å². The molecule has 0 aliphatic rings. The first-order valence-electron chi connectivity index (χ1n) is 7.49. The SMILES string of the molecule is CC(C)CCCOc1c([C@@H](C)N)ccc2ccccc12. The zero-order chi connectivity index (χ0) is 14.5. The van der Waals surface area contributed by atoms with Crippen LogP contribution >= 0.6 is 0 Å². The molecule has 0 aliphatic carbocycles. The Morgan fingerprint density at radius 2 is 1.80 bits per heavy atom. The van der Waals surface area contributed by atoms with Crippen LogP contribution < -0.4 is 10.5 Å². The van der Waals surface area contributed by atoms with E-state index in [0.29, 0.717) is 0 Å². The third-order valence-corrected chi connectivity index (χ3v) is 3.57. The van der Waals surface area contributed by atoms with Gasteiger partial charge in [0.25, 0.3) is 0 Å². The molecule has 0 aliphatic heterocycles. The van der Waals surface area contributed by atoms with Gasteiger partial charge >= 0.3 is 0 Å². The second-order valence-corrected chi connectivity index (χ2v) is 5.88. The van der Waals surface area contributed by atoms with Crippen LogP contribution in [0.25, 0.3) is 10.8 Å². The summed E-state index contributed by atoms with van der Waals surface area (Å²) in [5.41, 5.74) is 7.17. The van der Waals surface area contributed by atoms with Crippen molar-refractivity contribution in [3.05, 3.63) is 42.0 Å². The molecule has 108 valence electrons. The standard InChI is InChI=1S/C18H25NO/c1-13(2)7-6-12-20-18-16(14(3)19)11-10-15-8-4-5-9-17(15)18/h4-5,8-11,13-14H,6-7,12,19H2,1-3H3/t14-/m1/s1. The number of fused-ring (bicyclic) bond motifs is 1. The molecule has 0 aromatic heterocycles. The van der Waals surface area contributed by atoms with Crippen LogP contribution in [-0.2, 0) is 0 Å². The van der Waals surface area contributed by atoms with Gasteiger partial charge in [-0.1, -0.05) is 50.2 Å². The van der Waals surface area contributed by atoms with Gasteiger partial charge in [-0.15, -0.1) is 0 Å². The van der Waals surface area contributed by atoms with Gasteiger partial charge < -0.3 is 10.5 Å². The van der Waals surface area contributed by atoms with Crippen LogP contribution in [0.5, 0.6) is 5.75 Å². The molecular weight excluding hydrogens is 246 g/mol. The van der Waals surface area contributed by atoms with Crippen LogP contribution in [-0.4, -0.2) is 6.61 Å². The first kappa shape index (κ1) is 14.9. The molecule has 0 fully saturated rings. The highest BCUT2D eigenvalue weighted by Gasteiger charge is 2.12. The molecule has 2 N–H and O–H groups in total. The quantitative estimate of drug-likeness (QED) is 0.775. The lowest BCUT2D eigenvalue weighted by Gasteiger charge is -2.17. The Balaban J connectivity index is 2.25. The molecule has 0 bridgehead atoms. The van der Waals surface area contributed by atoms with E-state index in [1.54, 1.807) is 0 Å². The van der Waals surface area contributed by atoms with Gasteiger partial charge in [0.2, 0.25) is 0 Å². The smallest absolute Gasteiger partial charge is 0.131 e. The normalized spacial score (nSPS) is 12.8. The summed E-state index contributed by atoms with van der Waals surface area (Å²) in [5.74, 6) is 1.68. The minimum Gasteiger partial charge on any atom is -0.493 e. The lowest BCUT2D eigenvalue weighted by atomic mass is 10.0. The molecule has 2 aromatic rings. The van der Waals surface area contributed by atoms with Crippen LogP contribution in [0.2, 0.25) is 0 Å². The molecule has 0 heterocycles. The number of ether oxygens (including phenoxy) is 1. The Morgan fingerprint density at radius 3 is 2.50 bits per heavy atom. The molecule has 0 unspecified atom stereocenters. The third-order valence-electron chi connectivity index (χ3n) is 3.57. The molecule has 2 heteroatoms. The fraction of sp³-hybridized carbons (Fsp3) is 0.444. The van der Waals surface area contributed by atoms with Crippen molar-refractivity contribution in [3.63, 3.8) is 0 Å². The summed E-state index contributed by atoms with van der Waals surface area (Å²) < 4.78 is 6.08. The van der Waals surface area contributed by atoms with E-state index < -0.39 is 0 Å². The molecule has 0 radical (unpaired) electrons. The molecule has 1 atom stereocenters. The molecule has 0 spiro atoms. The minimum absolute atomic E-state index is 0.0142. The topological polar surface area (TPSA) is 35.2 Å². The van der Waals surface area contributed by atoms with Crippen LogP contribution in [0, 0.1) is 5.92 Å². The van der Waals surface area contributed by atoms with Gasteiger partial charge in [-0.2, -0.15) is 0 Å². The molecular formula is C18H25NO. The van der Waals surface area contributed by atoms with Crippen LogP contribution in [0.3, 0.4) is 0 Å². The van der Waals surface area contributed by atoms with Gasteiger partial charge in [0.15, 0.2) is 0 Å². The summed E-state index contributed by atoms with van der Waals surface area (Å²) in [5, 5.41) is 2.36. The molecule has 2 nitrogen and oxygen atoms in total. The van der Waals surface area contributed by atoms with E-state index in [-0.39, 0.29) is 6.04 Å². The summed E-state index contributed by atoms with van der Waals surface area (Å²) >= 11 is 0. The maximum atomic E-state index is 6.08. The highest BCUT2D eigenvalue weighted by Crippen LogP contribution is 2.33. The molecule has 2 aromatic carbocycles. The predicted octanol–water partition coefficient (Wildman–Crippen LogP) is 4.67. The van der Waals surface area contributed by atoms with Crippen molar-refractivity contribution in [2.24, 2.45) is 11.7 Å². The Bertz CT molecular complexity index is 560. The number of hydrogen-bond acceptors (Lipinski definition) is 2. The fourth-order valence-electron chi connectivity index (χ4n) is 2.45. The van der Waals surface area contributed by atoms with E-state index in [2.05, 4.69) is 44.2 Å². The Kier molecular flexibility index (Phi) is 5.02. The average molecular weight is 271 g/mol. The van der Waals surface area contributed by atoms with Gasteiger partial charge in [-0.3, -0.25) is 0 Å². The first-order valence-corrected chi connectivity index (χ1v) is 7.49. The second-order valence-electron chi connectivity index (χ2n) is 5.88. The summed E-state index contributed by atoms with van der Waals surface area (Å²) in [6, 6.07) is 12.5. The first-order chi connectivity index (χ1) is 9.59. The number of benzene rings is 2. The molecule has 20 heavy (non-hydrogen) atoms. The lowest BCUT2D eigenvalue weighted by molar-refractivity contribution is 0.297. The molecule has 0 amide bonds. The van der Waals surface area contributed by atoms with Gasteiger partial charge in [0.05, 0.1) is 6.61 Å². The fourth-order valence-corrected chi connectivity index (χ4v) is 2.45. The zero-order valence-electron chi connectivity index (χ0n) is 12.7. The van der Waals surface area contributed by atoms with E-state index in [1.807, 2.05) is 13.0 Å². The summed E-state index contributed by atoms with van der Waals surface area (Å²) in [7, 11) is 0. The Hall–Kier alpha value is -1.54. The molecule has 2 rings (SSSR count). The van der Waals surface area contributed by atoms with Gasteiger partial charge in [-0.25, -0.2) is 0 Å². The Morgan fingerprint density at radius 1 is 1.05 bits per heavy atom. The monoisotopic (exact) mass is 271 g/mol. The van der Waals surface area contributed by atoms with Gasteiger partial charge in [0.1, 0.15) is 5.75 Å². The molecule has 0 saturated carbocycles. The number of rotatable bonds is 6. The van der Waals surface area contributed by atoms with Crippen molar-refractivity contribution in [3.8, 4) is 5.75 Å². The largest absolute Gasteiger partial charge is 0.493 e.